The molecule has 3 nitrogen and oxygen atoms in total. The molecule has 2 aromatic rings. The zero-order chi connectivity index (χ0) is 14.8. The van der Waals surface area contributed by atoms with E-state index in [-0.39, 0.29) is 6.04 Å². The SMILES string of the molecule is Cc1ccc(C(CN)N2CC(C)Cc3ccccc32)cn1. The number of aryl methyl sites for hydroxylation is 1. The van der Waals surface area contributed by atoms with Gasteiger partial charge in [-0.1, -0.05) is 31.2 Å². The highest BCUT2D eigenvalue weighted by Crippen LogP contribution is 2.35. The average Bonchev–Trinajstić information content (AvgIpc) is 2.49. The summed E-state index contributed by atoms with van der Waals surface area (Å²) in [6.45, 7) is 5.97. The van der Waals surface area contributed by atoms with Crippen LogP contribution in [0.5, 0.6) is 0 Å². The van der Waals surface area contributed by atoms with Gasteiger partial charge in [0.25, 0.3) is 0 Å². The average molecular weight is 281 g/mol. The number of hydrogen-bond donors (Lipinski definition) is 1. The first kappa shape index (κ1) is 14.1. The van der Waals surface area contributed by atoms with Gasteiger partial charge in [-0.3, -0.25) is 4.98 Å². The van der Waals surface area contributed by atoms with Gasteiger partial charge >= 0.3 is 0 Å². The summed E-state index contributed by atoms with van der Waals surface area (Å²) in [5.74, 6) is 0.646. The van der Waals surface area contributed by atoms with Crippen molar-refractivity contribution in [3.05, 3.63) is 59.4 Å². The Kier molecular flexibility index (Phi) is 3.93. The molecule has 0 saturated carbocycles. The Hall–Kier alpha value is -1.87. The van der Waals surface area contributed by atoms with Gasteiger partial charge in [0, 0.05) is 30.7 Å². The molecule has 0 saturated heterocycles. The largest absolute Gasteiger partial charge is 0.363 e. The quantitative estimate of drug-likeness (QED) is 0.940. The molecule has 3 heteroatoms. The fourth-order valence-electron chi connectivity index (χ4n) is 3.25. The van der Waals surface area contributed by atoms with Crippen molar-refractivity contribution in [1.29, 1.82) is 0 Å². The fourth-order valence-corrected chi connectivity index (χ4v) is 3.25. The molecule has 0 aliphatic carbocycles. The predicted octanol–water partition coefficient (Wildman–Crippen LogP) is 3.09. The molecule has 1 aromatic carbocycles. The highest BCUT2D eigenvalue weighted by molar-refractivity contribution is 5.57. The third-order valence-electron chi connectivity index (χ3n) is 4.30. The standard InChI is InChI=1S/C18H23N3/c1-13-9-15-5-3-4-6-17(15)21(12-13)18(10-19)16-8-7-14(2)20-11-16/h3-8,11,13,18H,9-10,12,19H2,1-2H3. The summed E-state index contributed by atoms with van der Waals surface area (Å²) in [6.07, 6.45) is 3.12. The van der Waals surface area contributed by atoms with Crippen LogP contribution in [0.25, 0.3) is 0 Å². The number of benzene rings is 1. The minimum absolute atomic E-state index is 0.196. The molecular formula is C18H23N3. The minimum Gasteiger partial charge on any atom is -0.363 e. The Morgan fingerprint density at radius 1 is 1.29 bits per heavy atom. The molecule has 2 heterocycles. The second-order valence-electron chi connectivity index (χ2n) is 6.07. The maximum atomic E-state index is 6.11. The normalized spacial score (nSPS) is 19.2. The van der Waals surface area contributed by atoms with E-state index >= 15 is 0 Å². The van der Waals surface area contributed by atoms with Crippen molar-refractivity contribution in [2.24, 2.45) is 11.7 Å². The maximum Gasteiger partial charge on any atom is 0.0679 e. The van der Waals surface area contributed by atoms with Crippen LogP contribution in [0.2, 0.25) is 0 Å². The topological polar surface area (TPSA) is 42.1 Å². The molecule has 2 N–H and O–H groups in total. The van der Waals surface area contributed by atoms with Crippen LogP contribution >= 0.6 is 0 Å². The second kappa shape index (κ2) is 5.86. The van der Waals surface area contributed by atoms with Crippen LogP contribution in [0, 0.1) is 12.8 Å². The van der Waals surface area contributed by atoms with Crippen LogP contribution in [0.4, 0.5) is 5.69 Å². The molecule has 0 radical (unpaired) electrons. The van der Waals surface area contributed by atoms with E-state index in [1.807, 2.05) is 13.1 Å². The molecule has 0 amide bonds. The minimum atomic E-state index is 0.196. The Balaban J connectivity index is 1.99. The Morgan fingerprint density at radius 3 is 2.81 bits per heavy atom. The smallest absolute Gasteiger partial charge is 0.0679 e. The molecule has 1 aromatic heterocycles. The van der Waals surface area contributed by atoms with Crippen molar-refractivity contribution in [3.8, 4) is 0 Å². The molecule has 2 unspecified atom stereocenters. The summed E-state index contributed by atoms with van der Waals surface area (Å²) in [6, 6.07) is 13.1. The molecule has 2 atom stereocenters. The molecule has 110 valence electrons. The number of nitrogens with zero attached hydrogens (tertiary/aromatic N) is 2. The van der Waals surface area contributed by atoms with Crippen LogP contribution < -0.4 is 10.6 Å². The van der Waals surface area contributed by atoms with Gasteiger partial charge in [0.15, 0.2) is 0 Å². The number of fused-ring (bicyclic) bond motifs is 1. The van der Waals surface area contributed by atoms with E-state index in [0.717, 1.165) is 18.7 Å². The Morgan fingerprint density at radius 2 is 2.10 bits per heavy atom. The number of aromatic nitrogens is 1. The van der Waals surface area contributed by atoms with Gasteiger partial charge in [-0.25, -0.2) is 0 Å². The van der Waals surface area contributed by atoms with Crippen molar-refractivity contribution in [1.82, 2.24) is 4.98 Å². The fraction of sp³-hybridized carbons (Fsp3) is 0.389. The van der Waals surface area contributed by atoms with E-state index in [2.05, 4.69) is 53.2 Å². The first-order valence-corrected chi connectivity index (χ1v) is 7.66. The summed E-state index contributed by atoms with van der Waals surface area (Å²) in [5, 5.41) is 0. The lowest BCUT2D eigenvalue weighted by Crippen LogP contribution is -2.40. The zero-order valence-electron chi connectivity index (χ0n) is 12.8. The molecule has 0 bridgehead atoms. The number of hydrogen-bond acceptors (Lipinski definition) is 3. The van der Waals surface area contributed by atoms with Crippen molar-refractivity contribution in [3.63, 3.8) is 0 Å². The maximum absolute atomic E-state index is 6.11. The summed E-state index contributed by atoms with van der Waals surface area (Å²) in [4.78, 5) is 6.89. The third kappa shape index (κ3) is 2.79. The first-order chi connectivity index (χ1) is 10.2. The van der Waals surface area contributed by atoms with Gasteiger partial charge in [-0.2, -0.15) is 0 Å². The van der Waals surface area contributed by atoms with E-state index in [4.69, 9.17) is 5.73 Å². The van der Waals surface area contributed by atoms with Gasteiger partial charge in [0.1, 0.15) is 0 Å². The second-order valence-corrected chi connectivity index (χ2v) is 6.07. The van der Waals surface area contributed by atoms with E-state index < -0.39 is 0 Å². The van der Waals surface area contributed by atoms with E-state index in [9.17, 15) is 0 Å². The number of para-hydroxylation sites is 1. The predicted molar refractivity (Wildman–Crippen MR) is 87.4 cm³/mol. The van der Waals surface area contributed by atoms with Crippen LogP contribution in [0.15, 0.2) is 42.6 Å². The number of nitrogens with two attached hydrogens (primary N) is 1. The Bertz CT molecular complexity index is 606. The van der Waals surface area contributed by atoms with Crippen LogP contribution in [-0.4, -0.2) is 18.1 Å². The van der Waals surface area contributed by atoms with Crippen molar-refractivity contribution in [2.75, 3.05) is 18.0 Å². The molecule has 1 aliphatic rings. The molecule has 1 aliphatic heterocycles. The molecular weight excluding hydrogens is 258 g/mol. The van der Waals surface area contributed by atoms with Gasteiger partial charge in [0.05, 0.1) is 6.04 Å². The lowest BCUT2D eigenvalue weighted by molar-refractivity contribution is 0.489. The van der Waals surface area contributed by atoms with Gasteiger partial charge < -0.3 is 10.6 Å². The van der Waals surface area contributed by atoms with Crippen molar-refractivity contribution in [2.45, 2.75) is 26.3 Å². The molecule has 21 heavy (non-hydrogen) atoms. The van der Waals surface area contributed by atoms with Crippen LogP contribution in [0.3, 0.4) is 0 Å². The highest BCUT2D eigenvalue weighted by atomic mass is 15.2. The van der Waals surface area contributed by atoms with Crippen molar-refractivity contribution >= 4 is 5.69 Å². The lowest BCUT2D eigenvalue weighted by atomic mass is 9.91. The third-order valence-corrected chi connectivity index (χ3v) is 4.30. The Labute approximate surface area is 126 Å². The zero-order valence-corrected chi connectivity index (χ0v) is 12.8. The molecule has 3 rings (SSSR count). The molecule has 0 spiro atoms. The lowest BCUT2D eigenvalue weighted by Gasteiger charge is -2.40. The molecule has 0 fully saturated rings. The van der Waals surface area contributed by atoms with E-state index in [0.29, 0.717) is 12.5 Å². The first-order valence-electron chi connectivity index (χ1n) is 7.66. The van der Waals surface area contributed by atoms with E-state index in [1.165, 1.54) is 16.8 Å². The number of anilines is 1. The van der Waals surface area contributed by atoms with Gasteiger partial charge in [-0.15, -0.1) is 0 Å². The summed E-state index contributed by atoms with van der Waals surface area (Å²) < 4.78 is 0. The number of rotatable bonds is 3. The van der Waals surface area contributed by atoms with Gasteiger partial charge in [0.2, 0.25) is 0 Å². The van der Waals surface area contributed by atoms with Gasteiger partial charge in [-0.05, 0) is 42.5 Å². The summed E-state index contributed by atoms with van der Waals surface area (Å²) >= 11 is 0. The summed E-state index contributed by atoms with van der Waals surface area (Å²) in [7, 11) is 0. The monoisotopic (exact) mass is 281 g/mol. The van der Waals surface area contributed by atoms with Crippen LogP contribution in [0.1, 0.15) is 29.8 Å². The van der Waals surface area contributed by atoms with Crippen molar-refractivity contribution < 1.29 is 0 Å². The highest BCUT2D eigenvalue weighted by Gasteiger charge is 2.27. The van der Waals surface area contributed by atoms with E-state index in [1.54, 1.807) is 0 Å². The van der Waals surface area contributed by atoms with Crippen LogP contribution in [-0.2, 0) is 6.42 Å². The number of pyridine rings is 1. The summed E-state index contributed by atoms with van der Waals surface area (Å²) in [5.41, 5.74) is 11.1.